The summed E-state index contributed by atoms with van der Waals surface area (Å²) in [4.78, 5) is 8.64. The van der Waals surface area contributed by atoms with Crippen LogP contribution in [0.25, 0.3) is 10.9 Å². The van der Waals surface area contributed by atoms with Crippen LogP contribution in [0.4, 0.5) is 11.5 Å². The standard InChI is InChI=1S/C17H17N3O.ClH/c1-10-4-5-13(8-16(10)21)20-17-14-6-11(2)12(3)7-15(14)18-9-19-17;/h4-9,21H,1-3H3,(H,18,19,20);1H. The number of phenolic OH excluding ortho intramolecular Hbond substituents is 1. The van der Waals surface area contributed by atoms with Crippen molar-refractivity contribution < 1.29 is 5.11 Å². The fourth-order valence-electron chi connectivity index (χ4n) is 2.24. The number of fused-ring (bicyclic) bond motifs is 1. The lowest BCUT2D eigenvalue weighted by atomic mass is 10.1. The van der Waals surface area contributed by atoms with E-state index < -0.39 is 0 Å². The smallest absolute Gasteiger partial charge is 0.141 e. The van der Waals surface area contributed by atoms with Crippen molar-refractivity contribution in [3.63, 3.8) is 0 Å². The van der Waals surface area contributed by atoms with Gasteiger partial charge in [-0.2, -0.15) is 0 Å². The van der Waals surface area contributed by atoms with E-state index in [0.29, 0.717) is 0 Å². The Morgan fingerprint density at radius 3 is 2.36 bits per heavy atom. The molecule has 1 heterocycles. The number of hydrogen-bond donors (Lipinski definition) is 2. The van der Waals surface area contributed by atoms with E-state index in [0.717, 1.165) is 28.0 Å². The first kappa shape index (κ1) is 16.0. The number of aromatic nitrogens is 2. The lowest BCUT2D eigenvalue weighted by molar-refractivity contribution is 0.471. The van der Waals surface area contributed by atoms with Crippen molar-refractivity contribution >= 4 is 34.8 Å². The normalized spacial score (nSPS) is 10.3. The highest BCUT2D eigenvalue weighted by atomic mass is 35.5. The zero-order valence-electron chi connectivity index (χ0n) is 12.7. The Morgan fingerprint density at radius 1 is 0.909 bits per heavy atom. The number of hydrogen-bond acceptors (Lipinski definition) is 4. The summed E-state index contributed by atoms with van der Waals surface area (Å²) >= 11 is 0. The quantitative estimate of drug-likeness (QED) is 0.734. The van der Waals surface area contributed by atoms with E-state index in [4.69, 9.17) is 0 Å². The van der Waals surface area contributed by atoms with Crippen molar-refractivity contribution in [3.8, 4) is 5.75 Å². The Labute approximate surface area is 135 Å². The van der Waals surface area contributed by atoms with Gasteiger partial charge in [0, 0.05) is 17.1 Å². The minimum absolute atomic E-state index is 0. The van der Waals surface area contributed by atoms with Crippen LogP contribution < -0.4 is 5.32 Å². The molecule has 0 bridgehead atoms. The molecule has 0 radical (unpaired) electrons. The van der Waals surface area contributed by atoms with Crippen molar-refractivity contribution in [1.82, 2.24) is 9.97 Å². The molecule has 2 aromatic carbocycles. The number of nitrogens with one attached hydrogen (secondary N) is 1. The third kappa shape index (κ3) is 2.97. The monoisotopic (exact) mass is 315 g/mol. The maximum atomic E-state index is 9.80. The second kappa shape index (κ2) is 6.20. The van der Waals surface area contributed by atoms with Gasteiger partial charge in [0.05, 0.1) is 5.52 Å². The predicted molar refractivity (Wildman–Crippen MR) is 92.4 cm³/mol. The first-order valence-electron chi connectivity index (χ1n) is 6.83. The van der Waals surface area contributed by atoms with Crippen LogP contribution in [-0.2, 0) is 0 Å². The molecule has 3 rings (SSSR count). The molecule has 3 aromatic rings. The van der Waals surface area contributed by atoms with Crippen LogP contribution in [-0.4, -0.2) is 15.1 Å². The summed E-state index contributed by atoms with van der Waals surface area (Å²) in [5.74, 6) is 1.01. The maximum Gasteiger partial charge on any atom is 0.141 e. The number of benzene rings is 2. The molecule has 0 aliphatic rings. The Kier molecular flexibility index (Phi) is 4.52. The Hall–Kier alpha value is -2.33. The average molecular weight is 316 g/mol. The first-order chi connectivity index (χ1) is 10.0. The van der Waals surface area contributed by atoms with Crippen LogP contribution in [0, 0.1) is 20.8 Å². The van der Waals surface area contributed by atoms with Gasteiger partial charge in [-0.05, 0) is 55.7 Å². The molecule has 0 atom stereocenters. The first-order valence-corrected chi connectivity index (χ1v) is 6.83. The van der Waals surface area contributed by atoms with Crippen LogP contribution >= 0.6 is 12.4 Å². The van der Waals surface area contributed by atoms with Gasteiger partial charge in [0.1, 0.15) is 17.9 Å². The van der Waals surface area contributed by atoms with Gasteiger partial charge in [0.15, 0.2) is 0 Å². The van der Waals surface area contributed by atoms with Crippen LogP contribution in [0.1, 0.15) is 16.7 Å². The Morgan fingerprint density at radius 2 is 1.64 bits per heavy atom. The number of aromatic hydroxyl groups is 1. The van der Waals surface area contributed by atoms with Gasteiger partial charge in [0.2, 0.25) is 0 Å². The second-order valence-corrected chi connectivity index (χ2v) is 5.30. The number of nitrogens with zero attached hydrogens (tertiary/aromatic N) is 2. The number of aryl methyl sites for hydroxylation is 3. The van der Waals surface area contributed by atoms with Crippen molar-refractivity contribution in [2.24, 2.45) is 0 Å². The van der Waals surface area contributed by atoms with E-state index in [1.807, 2.05) is 19.1 Å². The van der Waals surface area contributed by atoms with Gasteiger partial charge in [-0.3, -0.25) is 0 Å². The predicted octanol–water partition coefficient (Wildman–Crippen LogP) is 4.43. The largest absolute Gasteiger partial charge is 0.508 e. The van der Waals surface area contributed by atoms with E-state index in [9.17, 15) is 5.11 Å². The van der Waals surface area contributed by atoms with Gasteiger partial charge in [-0.25, -0.2) is 9.97 Å². The van der Waals surface area contributed by atoms with E-state index >= 15 is 0 Å². The molecule has 2 N–H and O–H groups in total. The Bertz CT molecular complexity index is 833. The molecule has 0 aliphatic carbocycles. The third-order valence-corrected chi connectivity index (χ3v) is 3.72. The summed E-state index contributed by atoms with van der Waals surface area (Å²) in [5.41, 5.74) is 4.97. The summed E-state index contributed by atoms with van der Waals surface area (Å²) in [7, 11) is 0. The van der Waals surface area contributed by atoms with Crippen molar-refractivity contribution in [2.45, 2.75) is 20.8 Å². The summed E-state index contributed by atoms with van der Waals surface area (Å²) in [6.07, 6.45) is 1.55. The molecule has 114 valence electrons. The minimum Gasteiger partial charge on any atom is -0.508 e. The van der Waals surface area contributed by atoms with Crippen molar-refractivity contribution in [3.05, 3.63) is 53.3 Å². The lowest BCUT2D eigenvalue weighted by Gasteiger charge is -2.11. The van der Waals surface area contributed by atoms with E-state index in [1.165, 1.54) is 11.1 Å². The maximum absolute atomic E-state index is 9.80. The highest BCUT2D eigenvalue weighted by Crippen LogP contribution is 2.27. The molecule has 22 heavy (non-hydrogen) atoms. The molecule has 0 saturated carbocycles. The summed E-state index contributed by atoms with van der Waals surface area (Å²) in [6.45, 7) is 6.01. The van der Waals surface area contributed by atoms with Gasteiger partial charge >= 0.3 is 0 Å². The average Bonchev–Trinajstić information content (AvgIpc) is 2.45. The molecular weight excluding hydrogens is 298 g/mol. The van der Waals surface area contributed by atoms with Crippen LogP contribution in [0.15, 0.2) is 36.7 Å². The molecule has 0 unspecified atom stereocenters. The van der Waals surface area contributed by atoms with E-state index in [-0.39, 0.29) is 18.2 Å². The van der Waals surface area contributed by atoms with Gasteiger partial charge in [-0.15, -0.1) is 12.4 Å². The van der Waals surface area contributed by atoms with Gasteiger partial charge < -0.3 is 10.4 Å². The summed E-state index contributed by atoms with van der Waals surface area (Å²) in [5, 5.41) is 14.0. The molecule has 0 saturated heterocycles. The molecule has 0 amide bonds. The van der Waals surface area contributed by atoms with Crippen LogP contribution in [0.3, 0.4) is 0 Å². The summed E-state index contributed by atoms with van der Waals surface area (Å²) < 4.78 is 0. The fraction of sp³-hybridized carbons (Fsp3) is 0.176. The highest BCUT2D eigenvalue weighted by molar-refractivity contribution is 5.91. The van der Waals surface area contributed by atoms with E-state index in [2.05, 4.69) is 41.3 Å². The zero-order valence-corrected chi connectivity index (χ0v) is 13.5. The Balaban J connectivity index is 0.00000176. The highest BCUT2D eigenvalue weighted by Gasteiger charge is 2.07. The van der Waals surface area contributed by atoms with Crippen molar-refractivity contribution in [1.29, 1.82) is 0 Å². The molecule has 5 heteroatoms. The summed E-state index contributed by atoms with van der Waals surface area (Å²) in [6, 6.07) is 9.63. The number of halogens is 1. The van der Waals surface area contributed by atoms with Crippen molar-refractivity contribution in [2.75, 3.05) is 5.32 Å². The molecular formula is C17H18ClN3O. The SMILES string of the molecule is Cc1cc2ncnc(Nc3ccc(C)c(O)c3)c2cc1C.Cl. The second-order valence-electron chi connectivity index (χ2n) is 5.30. The lowest BCUT2D eigenvalue weighted by Crippen LogP contribution is -1.97. The third-order valence-electron chi connectivity index (χ3n) is 3.72. The molecule has 0 aliphatic heterocycles. The molecule has 4 nitrogen and oxygen atoms in total. The van der Waals surface area contributed by atoms with Crippen LogP contribution in [0.2, 0.25) is 0 Å². The number of rotatable bonds is 2. The van der Waals surface area contributed by atoms with Gasteiger partial charge in [0.25, 0.3) is 0 Å². The molecule has 0 fully saturated rings. The number of phenols is 1. The van der Waals surface area contributed by atoms with Gasteiger partial charge in [-0.1, -0.05) is 6.07 Å². The van der Waals surface area contributed by atoms with E-state index in [1.54, 1.807) is 12.4 Å². The molecule has 0 spiro atoms. The minimum atomic E-state index is 0. The number of anilines is 2. The van der Waals surface area contributed by atoms with Crippen LogP contribution in [0.5, 0.6) is 5.75 Å². The topological polar surface area (TPSA) is 58.0 Å². The fourth-order valence-corrected chi connectivity index (χ4v) is 2.24. The zero-order chi connectivity index (χ0) is 15.0. The molecule has 1 aromatic heterocycles.